The highest BCUT2D eigenvalue weighted by atomic mass is 16.5. The van der Waals surface area contributed by atoms with Gasteiger partial charge in [-0.05, 0) is 0 Å². The van der Waals surface area contributed by atoms with E-state index in [0.717, 1.165) is 7.85 Å². The van der Waals surface area contributed by atoms with Gasteiger partial charge < -0.3 is 15.3 Å². The predicted molar refractivity (Wildman–Crippen MR) is 28.0 cm³/mol. The van der Waals surface area contributed by atoms with Crippen LogP contribution in [-0.4, -0.2) is 34.8 Å². The number of carbonyl (C=O) groups is 1. The van der Waals surface area contributed by atoms with Crippen LogP contribution < -0.4 is 0 Å². The first-order valence-corrected chi connectivity index (χ1v) is 2.08. The zero-order chi connectivity index (χ0) is 6.78. The zero-order valence-corrected chi connectivity index (χ0v) is 4.46. The number of rotatable bonds is 2. The van der Waals surface area contributed by atoms with E-state index in [1.807, 2.05) is 0 Å². The van der Waals surface area contributed by atoms with Gasteiger partial charge in [0, 0.05) is 0 Å². The van der Waals surface area contributed by atoms with Crippen LogP contribution >= 0.6 is 0 Å². The van der Waals surface area contributed by atoms with Gasteiger partial charge >= 0.3 is 5.97 Å². The smallest absolute Gasteiger partial charge is 0.307 e. The van der Waals surface area contributed by atoms with Crippen LogP contribution in [0.3, 0.4) is 0 Å². The highest BCUT2D eigenvalue weighted by molar-refractivity contribution is 6.14. The van der Waals surface area contributed by atoms with Crippen LogP contribution in [0.1, 0.15) is 6.42 Å². The molecule has 3 N–H and O–H groups in total. The van der Waals surface area contributed by atoms with Crippen LogP contribution in [0.4, 0.5) is 0 Å². The molecule has 5 heteroatoms. The van der Waals surface area contributed by atoms with Crippen LogP contribution in [0.5, 0.6) is 0 Å². The Morgan fingerprint density at radius 3 is 2.00 bits per heavy atom. The summed E-state index contributed by atoms with van der Waals surface area (Å²) in [4.78, 5) is 9.69. The molecule has 0 amide bonds. The molecule has 8 heavy (non-hydrogen) atoms. The zero-order valence-electron chi connectivity index (χ0n) is 4.46. The van der Waals surface area contributed by atoms with Crippen molar-refractivity contribution in [2.24, 2.45) is 0 Å². The Balaban J connectivity index is 3.55. The SMILES string of the molecule is BC(O)(O)CC(=O)O. The average Bonchev–Trinajstić information content (AvgIpc) is 1.21. The maximum Gasteiger partial charge on any atom is 0.307 e. The van der Waals surface area contributed by atoms with Crippen molar-refractivity contribution in [3.05, 3.63) is 0 Å². The van der Waals surface area contributed by atoms with E-state index in [9.17, 15) is 4.79 Å². The molecule has 0 aliphatic carbocycles. The van der Waals surface area contributed by atoms with Crippen molar-refractivity contribution in [2.45, 2.75) is 12.1 Å². The van der Waals surface area contributed by atoms with E-state index in [1.165, 1.54) is 0 Å². The van der Waals surface area contributed by atoms with E-state index < -0.39 is 18.1 Å². The molecule has 0 saturated carbocycles. The number of aliphatic hydroxyl groups is 2. The van der Waals surface area contributed by atoms with E-state index in [0.29, 0.717) is 0 Å². The maximum atomic E-state index is 9.69. The number of aliphatic carboxylic acids is 1. The summed E-state index contributed by atoms with van der Waals surface area (Å²) in [5.41, 5.74) is -2.08. The summed E-state index contributed by atoms with van der Waals surface area (Å²) in [5, 5.41) is 24.7. The topological polar surface area (TPSA) is 77.8 Å². The van der Waals surface area contributed by atoms with Gasteiger partial charge in [0.1, 0.15) is 5.69 Å². The third kappa shape index (κ3) is 5.45. The first kappa shape index (κ1) is 7.45. The average molecular weight is 118 g/mol. The van der Waals surface area contributed by atoms with Gasteiger partial charge in [-0.15, -0.1) is 0 Å². The second kappa shape index (κ2) is 2.15. The molecule has 4 nitrogen and oxygen atoms in total. The Morgan fingerprint density at radius 2 is 2.00 bits per heavy atom. The van der Waals surface area contributed by atoms with Gasteiger partial charge in [0.15, 0.2) is 7.85 Å². The standard InChI is InChI=1S/C3H7BO4/c4-3(7,8)1-2(5)6/h7-8H,1,4H2,(H,5,6). The first-order valence-electron chi connectivity index (χ1n) is 2.08. The molecule has 0 aliphatic heterocycles. The van der Waals surface area contributed by atoms with Crippen molar-refractivity contribution < 1.29 is 20.1 Å². The Kier molecular flexibility index (Phi) is 2.00. The van der Waals surface area contributed by atoms with Crippen molar-refractivity contribution in [2.75, 3.05) is 0 Å². The monoisotopic (exact) mass is 118 g/mol. The van der Waals surface area contributed by atoms with Gasteiger partial charge in [0.2, 0.25) is 0 Å². The van der Waals surface area contributed by atoms with Gasteiger partial charge in [0.25, 0.3) is 0 Å². The van der Waals surface area contributed by atoms with E-state index in [-0.39, 0.29) is 0 Å². The molecule has 0 rings (SSSR count). The lowest BCUT2D eigenvalue weighted by Gasteiger charge is -2.11. The fourth-order valence-electron chi connectivity index (χ4n) is 0.286. The Bertz CT molecular complexity index is 93.9. The lowest BCUT2D eigenvalue weighted by atomic mass is 9.92. The van der Waals surface area contributed by atoms with Gasteiger partial charge in [0.05, 0.1) is 6.42 Å². The molecule has 0 heterocycles. The van der Waals surface area contributed by atoms with Crippen LogP contribution in [0, 0.1) is 0 Å². The van der Waals surface area contributed by atoms with E-state index in [4.69, 9.17) is 15.3 Å². The van der Waals surface area contributed by atoms with Crippen molar-refractivity contribution in [1.29, 1.82) is 0 Å². The van der Waals surface area contributed by atoms with Gasteiger partial charge in [-0.25, -0.2) is 0 Å². The van der Waals surface area contributed by atoms with Crippen LogP contribution in [-0.2, 0) is 4.79 Å². The molecule has 0 fully saturated rings. The molecular formula is C3H7BO4. The number of carboxylic acids is 1. The molecule has 0 atom stereocenters. The van der Waals surface area contributed by atoms with Gasteiger partial charge in [-0.1, -0.05) is 0 Å². The van der Waals surface area contributed by atoms with Crippen molar-refractivity contribution in [3.8, 4) is 0 Å². The third-order valence-electron chi connectivity index (χ3n) is 0.486. The van der Waals surface area contributed by atoms with Crippen LogP contribution in [0.25, 0.3) is 0 Å². The highest BCUT2D eigenvalue weighted by Gasteiger charge is 2.18. The lowest BCUT2D eigenvalue weighted by Crippen LogP contribution is -2.31. The molecular weight excluding hydrogens is 111 g/mol. The summed E-state index contributed by atoms with van der Waals surface area (Å²) in [6.45, 7) is 0. The summed E-state index contributed by atoms with van der Waals surface area (Å²) < 4.78 is 0. The fourth-order valence-corrected chi connectivity index (χ4v) is 0.286. The Hall–Kier alpha value is -0.545. The Labute approximate surface area is 47.2 Å². The number of carboxylic acid groups (broad SMARTS) is 1. The normalized spacial score (nSPS) is 11.2. The number of hydrogen-bond acceptors (Lipinski definition) is 3. The van der Waals surface area contributed by atoms with E-state index >= 15 is 0 Å². The molecule has 0 unspecified atom stereocenters. The summed E-state index contributed by atoms with van der Waals surface area (Å²) in [6.07, 6.45) is -0.646. The number of hydrogen-bond donors (Lipinski definition) is 3. The van der Waals surface area contributed by atoms with E-state index in [1.54, 1.807) is 0 Å². The maximum absolute atomic E-state index is 9.69. The molecule has 0 bridgehead atoms. The molecule has 0 aromatic carbocycles. The predicted octanol–water partition coefficient (Wildman–Crippen LogP) is -2.27. The largest absolute Gasteiger partial charge is 0.481 e. The van der Waals surface area contributed by atoms with Crippen LogP contribution in [0.2, 0.25) is 0 Å². The minimum Gasteiger partial charge on any atom is -0.481 e. The fraction of sp³-hybridized carbons (Fsp3) is 0.667. The lowest BCUT2D eigenvalue weighted by molar-refractivity contribution is -0.151. The van der Waals surface area contributed by atoms with Crippen molar-refractivity contribution in [1.82, 2.24) is 0 Å². The molecule has 0 aliphatic rings. The summed E-state index contributed by atoms with van der Waals surface area (Å²) >= 11 is 0. The third-order valence-corrected chi connectivity index (χ3v) is 0.486. The highest BCUT2D eigenvalue weighted by Crippen LogP contribution is 1.96. The second-order valence-corrected chi connectivity index (χ2v) is 1.79. The second-order valence-electron chi connectivity index (χ2n) is 1.79. The molecule has 0 aromatic heterocycles. The van der Waals surface area contributed by atoms with Crippen molar-refractivity contribution in [3.63, 3.8) is 0 Å². The Morgan fingerprint density at radius 1 is 1.62 bits per heavy atom. The molecule has 46 valence electrons. The summed E-state index contributed by atoms with van der Waals surface area (Å²) in [7, 11) is 1.02. The first-order chi connectivity index (χ1) is 3.42. The van der Waals surface area contributed by atoms with Crippen LogP contribution in [0.15, 0.2) is 0 Å². The minimum absolute atomic E-state index is 0.646. The summed E-state index contributed by atoms with van der Waals surface area (Å²) in [5.74, 6) is -1.22. The van der Waals surface area contributed by atoms with Crippen molar-refractivity contribution >= 4 is 13.8 Å². The van der Waals surface area contributed by atoms with E-state index in [2.05, 4.69) is 0 Å². The molecule has 0 radical (unpaired) electrons. The summed E-state index contributed by atoms with van der Waals surface area (Å²) in [6, 6.07) is 0. The van der Waals surface area contributed by atoms with Gasteiger partial charge in [-0.3, -0.25) is 4.79 Å². The molecule has 0 spiro atoms. The minimum atomic E-state index is -2.08. The molecule has 0 saturated heterocycles. The quantitative estimate of drug-likeness (QED) is 0.282. The molecule has 0 aromatic rings. The van der Waals surface area contributed by atoms with Gasteiger partial charge in [-0.2, -0.15) is 0 Å².